The molecule has 0 unspecified atom stereocenters. The molecular weight excluding hydrogens is 252 g/mol. The average molecular weight is 272 g/mol. The van der Waals surface area contributed by atoms with E-state index in [1.807, 2.05) is 43.4 Å². The van der Waals surface area contributed by atoms with Gasteiger partial charge in [0.15, 0.2) is 0 Å². The molecule has 2 aromatic carbocycles. The van der Waals surface area contributed by atoms with E-state index >= 15 is 0 Å². The maximum atomic E-state index is 3.98. The summed E-state index contributed by atoms with van der Waals surface area (Å²) in [6.45, 7) is 13.8. The summed E-state index contributed by atoms with van der Waals surface area (Å²) in [7, 11) is 0. The molecule has 0 nitrogen and oxygen atoms in total. The zero-order valence-electron chi connectivity index (χ0n) is 12.5. The highest BCUT2D eigenvalue weighted by atomic mass is 14.1. The summed E-state index contributed by atoms with van der Waals surface area (Å²) >= 11 is 0. The fraction of sp³-hybridized carbons (Fsp3) is 0.0476. The topological polar surface area (TPSA) is 0 Å². The third kappa shape index (κ3) is 2.80. The quantitative estimate of drug-likeness (QED) is 0.562. The van der Waals surface area contributed by atoms with E-state index in [-0.39, 0.29) is 0 Å². The minimum atomic E-state index is 1.11. The van der Waals surface area contributed by atoms with Crippen molar-refractivity contribution in [2.24, 2.45) is 0 Å². The van der Waals surface area contributed by atoms with Gasteiger partial charge >= 0.3 is 0 Å². The first kappa shape index (κ1) is 14.8. The molecule has 0 atom stereocenters. The lowest BCUT2D eigenvalue weighted by Gasteiger charge is -2.14. The van der Waals surface area contributed by atoms with Gasteiger partial charge in [-0.25, -0.2) is 0 Å². The fourth-order valence-electron chi connectivity index (χ4n) is 2.61. The first-order valence-corrected chi connectivity index (χ1v) is 7.03. The fourth-order valence-corrected chi connectivity index (χ4v) is 2.61. The van der Waals surface area contributed by atoms with E-state index in [4.69, 9.17) is 0 Å². The standard InChI is InChI=1S/C21H20/c1-5-11-16(12-6-2)21-15-17-13-9-10-14-20(17)18(7-3)19(21)8-4/h5-15H,1,3-4H2,2H3/b12-6-,16-11+. The van der Waals surface area contributed by atoms with Crippen LogP contribution in [0.3, 0.4) is 0 Å². The van der Waals surface area contributed by atoms with Crippen molar-refractivity contribution in [2.45, 2.75) is 6.92 Å². The van der Waals surface area contributed by atoms with E-state index in [2.05, 4.69) is 50.1 Å². The molecule has 0 aliphatic heterocycles. The van der Waals surface area contributed by atoms with Crippen LogP contribution in [0.2, 0.25) is 0 Å². The van der Waals surface area contributed by atoms with Crippen molar-refractivity contribution < 1.29 is 0 Å². The molecule has 0 aromatic heterocycles. The molecule has 0 bridgehead atoms. The van der Waals surface area contributed by atoms with E-state index in [1.165, 1.54) is 10.8 Å². The third-order valence-corrected chi connectivity index (χ3v) is 3.49. The van der Waals surface area contributed by atoms with E-state index < -0.39 is 0 Å². The lowest BCUT2D eigenvalue weighted by atomic mass is 9.90. The van der Waals surface area contributed by atoms with Crippen LogP contribution in [0.5, 0.6) is 0 Å². The first-order valence-electron chi connectivity index (χ1n) is 7.03. The zero-order valence-corrected chi connectivity index (χ0v) is 12.5. The van der Waals surface area contributed by atoms with E-state index in [0.29, 0.717) is 0 Å². The Labute approximate surface area is 127 Å². The van der Waals surface area contributed by atoms with Gasteiger partial charge in [0.1, 0.15) is 0 Å². The number of hydrogen-bond donors (Lipinski definition) is 0. The predicted octanol–water partition coefficient (Wildman–Crippen LogP) is 6.27. The van der Waals surface area contributed by atoms with Crippen LogP contribution in [0, 0.1) is 0 Å². The maximum Gasteiger partial charge on any atom is -0.00994 e. The van der Waals surface area contributed by atoms with Crippen LogP contribution in [-0.4, -0.2) is 0 Å². The molecule has 0 heteroatoms. The average Bonchev–Trinajstić information content (AvgIpc) is 2.52. The van der Waals surface area contributed by atoms with Crippen LogP contribution in [0.4, 0.5) is 0 Å². The Morgan fingerprint density at radius 2 is 1.71 bits per heavy atom. The van der Waals surface area contributed by atoms with Crippen molar-refractivity contribution in [1.29, 1.82) is 0 Å². The Kier molecular flexibility index (Phi) is 4.73. The van der Waals surface area contributed by atoms with Gasteiger partial charge in [-0.2, -0.15) is 0 Å². The third-order valence-electron chi connectivity index (χ3n) is 3.49. The molecule has 0 heterocycles. The monoisotopic (exact) mass is 272 g/mol. The van der Waals surface area contributed by atoms with E-state index in [0.717, 1.165) is 22.3 Å². The number of allylic oxidation sites excluding steroid dienone is 5. The van der Waals surface area contributed by atoms with Crippen molar-refractivity contribution in [3.05, 3.63) is 91.1 Å². The molecule has 0 amide bonds. The Bertz CT molecular complexity index is 755. The summed E-state index contributed by atoms with van der Waals surface area (Å²) < 4.78 is 0. The van der Waals surface area contributed by atoms with Gasteiger partial charge in [0.2, 0.25) is 0 Å². The van der Waals surface area contributed by atoms with E-state index in [1.54, 1.807) is 0 Å². The summed E-state index contributed by atoms with van der Waals surface area (Å²) in [6.07, 6.45) is 11.8. The maximum absolute atomic E-state index is 3.98. The van der Waals surface area contributed by atoms with Gasteiger partial charge in [-0.05, 0) is 46.0 Å². The smallest absolute Gasteiger partial charge is 0.00994 e. The number of rotatable bonds is 5. The second kappa shape index (κ2) is 6.71. The molecule has 0 N–H and O–H groups in total. The van der Waals surface area contributed by atoms with Crippen molar-refractivity contribution in [3.63, 3.8) is 0 Å². The highest BCUT2D eigenvalue weighted by Gasteiger charge is 2.10. The molecule has 2 aromatic rings. The summed E-state index contributed by atoms with van der Waals surface area (Å²) in [5, 5.41) is 2.40. The molecule has 0 radical (unpaired) electrons. The molecule has 0 spiro atoms. The molecule has 0 fully saturated rings. The molecular formula is C21H20. The van der Waals surface area contributed by atoms with Crippen LogP contribution in [0.15, 0.2) is 74.4 Å². The minimum Gasteiger partial charge on any atom is -0.0990 e. The molecule has 0 aliphatic carbocycles. The lowest BCUT2D eigenvalue weighted by Crippen LogP contribution is -1.93. The van der Waals surface area contributed by atoms with Crippen LogP contribution >= 0.6 is 0 Å². The Balaban J connectivity index is 2.91. The Morgan fingerprint density at radius 3 is 2.33 bits per heavy atom. The second-order valence-electron chi connectivity index (χ2n) is 4.74. The minimum absolute atomic E-state index is 1.11. The van der Waals surface area contributed by atoms with Gasteiger partial charge in [-0.15, -0.1) is 0 Å². The van der Waals surface area contributed by atoms with Gasteiger partial charge in [-0.3, -0.25) is 0 Å². The van der Waals surface area contributed by atoms with Crippen LogP contribution < -0.4 is 0 Å². The Hall–Kier alpha value is -2.60. The lowest BCUT2D eigenvalue weighted by molar-refractivity contribution is 1.58. The molecule has 104 valence electrons. The molecule has 0 aliphatic rings. The Morgan fingerprint density at radius 1 is 1.00 bits per heavy atom. The summed E-state index contributed by atoms with van der Waals surface area (Å²) in [6, 6.07) is 10.6. The molecule has 21 heavy (non-hydrogen) atoms. The van der Waals surface area contributed by atoms with Gasteiger partial charge < -0.3 is 0 Å². The van der Waals surface area contributed by atoms with Crippen molar-refractivity contribution in [1.82, 2.24) is 0 Å². The normalized spacial score (nSPS) is 11.8. The molecule has 2 rings (SSSR count). The van der Waals surface area contributed by atoms with Crippen molar-refractivity contribution in [3.8, 4) is 0 Å². The van der Waals surface area contributed by atoms with Gasteiger partial charge in [0.25, 0.3) is 0 Å². The SMILES string of the molecule is C=C/C=C(\C=C/C)c1cc2ccccc2c(C=C)c1C=C. The highest BCUT2D eigenvalue weighted by molar-refractivity contribution is 5.99. The van der Waals surface area contributed by atoms with Gasteiger partial charge in [-0.1, -0.05) is 80.5 Å². The number of hydrogen-bond acceptors (Lipinski definition) is 0. The predicted molar refractivity (Wildman–Crippen MR) is 97.1 cm³/mol. The number of fused-ring (bicyclic) bond motifs is 1. The van der Waals surface area contributed by atoms with Gasteiger partial charge in [0.05, 0.1) is 0 Å². The second-order valence-corrected chi connectivity index (χ2v) is 4.74. The summed E-state index contributed by atoms with van der Waals surface area (Å²) in [5.74, 6) is 0. The van der Waals surface area contributed by atoms with Gasteiger partial charge in [0, 0.05) is 0 Å². The van der Waals surface area contributed by atoms with Crippen LogP contribution in [0.1, 0.15) is 23.6 Å². The molecule has 0 saturated heterocycles. The van der Waals surface area contributed by atoms with Crippen LogP contribution in [0.25, 0.3) is 28.5 Å². The molecule has 0 saturated carbocycles. The summed E-state index contributed by atoms with van der Waals surface area (Å²) in [4.78, 5) is 0. The first-order chi connectivity index (χ1) is 10.3. The van der Waals surface area contributed by atoms with E-state index in [9.17, 15) is 0 Å². The highest BCUT2D eigenvalue weighted by Crippen LogP contribution is 2.32. The zero-order chi connectivity index (χ0) is 15.2. The van der Waals surface area contributed by atoms with Crippen molar-refractivity contribution in [2.75, 3.05) is 0 Å². The summed E-state index contributed by atoms with van der Waals surface area (Å²) in [5.41, 5.74) is 4.50. The largest absolute Gasteiger partial charge is 0.0990 e. The number of benzene rings is 2. The van der Waals surface area contributed by atoms with Crippen molar-refractivity contribution >= 4 is 28.5 Å². The van der Waals surface area contributed by atoms with Crippen LogP contribution in [-0.2, 0) is 0 Å².